The summed E-state index contributed by atoms with van der Waals surface area (Å²) < 4.78 is 95.0. The molecule has 0 fully saturated rings. The molecular weight excluding hydrogens is 939 g/mol. The second-order valence-electron chi connectivity index (χ2n) is 16.2. The molecule has 0 amide bonds. The van der Waals surface area contributed by atoms with E-state index in [1.807, 2.05) is 0 Å². The summed E-state index contributed by atoms with van der Waals surface area (Å²) in [6.07, 6.45) is -5.19. The lowest BCUT2D eigenvalue weighted by atomic mass is 9.65. The second-order valence-corrected chi connectivity index (χ2v) is 16.2. The van der Waals surface area contributed by atoms with Crippen molar-refractivity contribution in [2.24, 2.45) is 5.41 Å². The largest absolute Gasteiger partial charge is 0.484 e. The monoisotopic (exact) mass is 982 g/mol. The third-order valence-electron chi connectivity index (χ3n) is 10.7. The van der Waals surface area contributed by atoms with Crippen LogP contribution in [0.3, 0.4) is 0 Å². The van der Waals surface area contributed by atoms with Crippen LogP contribution in [0.5, 0.6) is 23.0 Å². The van der Waals surface area contributed by atoms with E-state index >= 15 is 0 Å². The zero-order valence-electron chi connectivity index (χ0n) is 37.3. The van der Waals surface area contributed by atoms with Crippen molar-refractivity contribution in [1.29, 1.82) is 0 Å². The molecule has 6 rings (SSSR count). The van der Waals surface area contributed by atoms with Crippen molar-refractivity contribution in [2.75, 3.05) is 24.7 Å². The van der Waals surface area contributed by atoms with Gasteiger partial charge in [-0.3, -0.25) is 9.59 Å². The van der Waals surface area contributed by atoms with E-state index in [1.165, 1.54) is 115 Å². The van der Waals surface area contributed by atoms with E-state index < -0.39 is 66.7 Å². The first kappa shape index (κ1) is 52.2. The summed E-state index contributed by atoms with van der Waals surface area (Å²) in [5.41, 5.74) is 12.7. The van der Waals surface area contributed by atoms with Gasteiger partial charge in [-0.1, -0.05) is 60.7 Å². The molecular formula is C53H44F6N2O10. The lowest BCUT2D eigenvalue weighted by Gasteiger charge is -2.42. The van der Waals surface area contributed by atoms with Gasteiger partial charge in [0.25, 0.3) is 0 Å². The van der Waals surface area contributed by atoms with Gasteiger partial charge in [0.15, 0.2) is 19.0 Å². The lowest BCUT2D eigenvalue weighted by Crippen LogP contribution is -2.57. The average Bonchev–Trinajstić information content (AvgIpc) is 3.33. The highest BCUT2D eigenvalue weighted by Gasteiger charge is 2.54. The minimum atomic E-state index is -4.54. The first-order valence-corrected chi connectivity index (χ1v) is 21.4. The Labute approximate surface area is 402 Å². The molecule has 0 aliphatic carbocycles. The number of esters is 2. The van der Waals surface area contributed by atoms with Gasteiger partial charge in [-0.05, 0) is 144 Å². The van der Waals surface area contributed by atoms with Gasteiger partial charge in [-0.25, -0.2) is 9.59 Å². The summed E-state index contributed by atoms with van der Waals surface area (Å²) in [5.74, 6) is -6.60. The fraction of sp³-hybridized carbons (Fsp3) is 0.170. The maximum absolute atomic E-state index is 14.1. The molecule has 0 radical (unpaired) electrons. The highest BCUT2D eigenvalue weighted by atomic mass is 19.4. The first-order valence-electron chi connectivity index (χ1n) is 21.4. The number of hydrogen-bond donors (Lipinski definition) is 4. The van der Waals surface area contributed by atoms with Crippen molar-refractivity contribution in [3.05, 3.63) is 191 Å². The molecule has 0 atom stereocenters. The maximum atomic E-state index is 14.1. The number of nitrogen functional groups attached to an aromatic ring is 2. The van der Waals surface area contributed by atoms with Gasteiger partial charge in [0, 0.05) is 23.2 Å². The molecule has 0 spiro atoms. The standard InChI is InChI=1S/C53H44F6N2O10/c54-51(55,56)32-68-43-24-11-38(12-25-43)48(64)70-45-20-6-34(7-21-45)5-19-42(62)31-50(29-36-1-15-40(60)16-2-36,30-37-3-17-41(61)18-4-37)53(66,67)47(63)28-10-35-8-22-46(23-9-35)71-49(65)39-13-26-44(27-14-39)69-33-52(57,58)59/h1-28,66-67H,29-33,60-61H2/b19-5+,28-10+. The molecule has 0 heterocycles. The Hall–Kier alpha value is -8.22. The summed E-state index contributed by atoms with van der Waals surface area (Å²) in [7, 11) is 0. The number of halogens is 6. The number of allylic oxidation sites excluding steroid dienone is 1. The first-order chi connectivity index (χ1) is 33.5. The Morgan fingerprint density at radius 3 is 1.20 bits per heavy atom. The summed E-state index contributed by atoms with van der Waals surface area (Å²) in [4.78, 5) is 53.6. The van der Waals surface area contributed by atoms with Crippen LogP contribution in [-0.2, 0) is 22.4 Å². The van der Waals surface area contributed by atoms with E-state index in [-0.39, 0.29) is 47.0 Å². The smallest absolute Gasteiger partial charge is 0.422 e. The molecule has 0 bridgehead atoms. The number of aliphatic hydroxyl groups is 2. The normalized spacial score (nSPS) is 12.2. The molecule has 6 N–H and O–H groups in total. The summed E-state index contributed by atoms with van der Waals surface area (Å²) in [5, 5.41) is 24.3. The number of hydrogen-bond acceptors (Lipinski definition) is 12. The fourth-order valence-electron chi connectivity index (χ4n) is 7.07. The van der Waals surface area contributed by atoms with E-state index in [4.69, 9.17) is 20.9 Å². The molecule has 6 aromatic rings. The van der Waals surface area contributed by atoms with Crippen molar-refractivity contribution in [3.63, 3.8) is 0 Å². The van der Waals surface area contributed by atoms with Crippen LogP contribution < -0.4 is 30.4 Å². The van der Waals surface area contributed by atoms with Crippen molar-refractivity contribution in [1.82, 2.24) is 0 Å². The van der Waals surface area contributed by atoms with Gasteiger partial charge < -0.3 is 40.6 Å². The van der Waals surface area contributed by atoms with Crippen LogP contribution in [0.25, 0.3) is 12.2 Å². The van der Waals surface area contributed by atoms with Crippen molar-refractivity contribution < 1.29 is 74.7 Å². The highest BCUT2D eigenvalue weighted by Crippen LogP contribution is 2.43. The SMILES string of the molecule is Nc1ccc(CC(CC(=O)/C=C/c2ccc(OC(=O)c3ccc(OCC(F)(F)F)cc3)cc2)(Cc2ccc(N)cc2)C(O)(O)C(=O)/C=C/c2ccc(OC(=O)c3ccc(OCC(F)(F)F)cc3)cc2)cc1. The quantitative estimate of drug-likeness (QED) is 0.0141. The fourth-order valence-corrected chi connectivity index (χ4v) is 7.07. The number of ketones is 2. The number of rotatable bonds is 20. The molecule has 12 nitrogen and oxygen atoms in total. The van der Waals surface area contributed by atoms with Crippen LogP contribution in [0.1, 0.15) is 49.4 Å². The summed E-state index contributed by atoms with van der Waals surface area (Å²) in [6, 6.07) is 34.3. The molecule has 368 valence electrons. The van der Waals surface area contributed by atoms with E-state index in [9.17, 15) is 55.7 Å². The van der Waals surface area contributed by atoms with E-state index in [0.29, 0.717) is 33.6 Å². The zero-order chi connectivity index (χ0) is 51.4. The number of ether oxygens (including phenoxy) is 4. The van der Waals surface area contributed by atoms with Crippen LogP contribution in [0, 0.1) is 5.41 Å². The number of alkyl halides is 6. The van der Waals surface area contributed by atoms with Crippen LogP contribution in [0.4, 0.5) is 37.7 Å². The molecule has 0 aliphatic rings. The van der Waals surface area contributed by atoms with Crippen LogP contribution in [0.15, 0.2) is 158 Å². The number of nitrogens with two attached hydrogens (primary N) is 2. The number of benzene rings is 6. The van der Waals surface area contributed by atoms with Gasteiger partial charge in [-0.15, -0.1) is 0 Å². The molecule has 0 saturated heterocycles. The maximum Gasteiger partial charge on any atom is 0.422 e. The van der Waals surface area contributed by atoms with E-state index in [1.54, 1.807) is 48.5 Å². The predicted octanol–water partition coefficient (Wildman–Crippen LogP) is 9.58. The topological polar surface area (TPSA) is 198 Å². The van der Waals surface area contributed by atoms with Crippen molar-refractivity contribution >= 4 is 47.0 Å². The highest BCUT2D eigenvalue weighted by molar-refractivity contribution is 6.01. The third-order valence-corrected chi connectivity index (χ3v) is 10.7. The Kier molecular flexibility index (Phi) is 16.5. The van der Waals surface area contributed by atoms with Gasteiger partial charge >= 0.3 is 24.3 Å². The Balaban J connectivity index is 1.19. The molecule has 0 aliphatic heterocycles. The lowest BCUT2D eigenvalue weighted by molar-refractivity contribution is -0.230. The number of anilines is 2. The third kappa shape index (κ3) is 15.4. The molecule has 0 saturated carbocycles. The van der Waals surface area contributed by atoms with E-state index in [2.05, 4.69) is 9.47 Å². The van der Waals surface area contributed by atoms with Crippen LogP contribution >= 0.6 is 0 Å². The number of carbonyl (C=O) groups is 4. The van der Waals surface area contributed by atoms with Gasteiger partial charge in [0.2, 0.25) is 11.6 Å². The minimum absolute atomic E-state index is 0.0278. The van der Waals surface area contributed by atoms with E-state index in [0.717, 1.165) is 6.08 Å². The van der Waals surface area contributed by atoms with Crippen molar-refractivity contribution in [3.8, 4) is 23.0 Å². The van der Waals surface area contributed by atoms with Gasteiger partial charge in [0.05, 0.1) is 11.1 Å². The van der Waals surface area contributed by atoms with Crippen LogP contribution in [0.2, 0.25) is 0 Å². The second kappa shape index (κ2) is 22.5. The molecule has 71 heavy (non-hydrogen) atoms. The van der Waals surface area contributed by atoms with Gasteiger partial charge in [0.1, 0.15) is 23.0 Å². The predicted molar refractivity (Wildman–Crippen MR) is 250 cm³/mol. The zero-order valence-corrected chi connectivity index (χ0v) is 37.3. The summed E-state index contributed by atoms with van der Waals surface area (Å²) >= 11 is 0. The Morgan fingerprint density at radius 1 is 0.479 bits per heavy atom. The molecule has 6 aromatic carbocycles. The molecule has 0 unspecified atom stereocenters. The molecule has 0 aromatic heterocycles. The molecule has 18 heteroatoms. The summed E-state index contributed by atoms with van der Waals surface area (Å²) in [6.45, 7) is -3.00. The van der Waals surface area contributed by atoms with Gasteiger partial charge in [-0.2, -0.15) is 26.3 Å². The number of carbonyl (C=O) groups excluding carboxylic acids is 4. The van der Waals surface area contributed by atoms with Crippen molar-refractivity contribution in [2.45, 2.75) is 37.4 Å². The Bertz CT molecular complexity index is 2800. The minimum Gasteiger partial charge on any atom is -0.484 e. The van der Waals surface area contributed by atoms with Crippen LogP contribution in [-0.4, -0.2) is 65.1 Å². The average molecular weight is 983 g/mol. The Morgan fingerprint density at radius 2 is 0.831 bits per heavy atom.